The summed E-state index contributed by atoms with van der Waals surface area (Å²) in [5, 5.41) is 34.1. The summed E-state index contributed by atoms with van der Waals surface area (Å²) in [6.07, 6.45) is -1.14. The molecule has 2 unspecified atom stereocenters. The molecule has 2 aromatic rings. The van der Waals surface area contributed by atoms with Crippen LogP contribution in [0.4, 0.5) is 5.69 Å². The van der Waals surface area contributed by atoms with Crippen LogP contribution in [0.5, 0.6) is 0 Å². The number of nitro groups is 1. The zero-order valence-electron chi connectivity index (χ0n) is 10.2. The van der Waals surface area contributed by atoms with E-state index in [4.69, 9.17) is 5.53 Å². The molecule has 0 aliphatic rings. The first-order valence-corrected chi connectivity index (χ1v) is 5.67. The third-order valence-electron chi connectivity index (χ3n) is 2.92. The number of H-pyrrole nitrogens is 1. The molecule has 1 aromatic heterocycles. The molecule has 0 bridgehead atoms. The number of azide groups is 1. The van der Waals surface area contributed by atoms with Gasteiger partial charge in [0, 0.05) is 39.7 Å². The van der Waals surface area contributed by atoms with Gasteiger partial charge in [-0.25, -0.2) is 0 Å². The predicted octanol–water partition coefficient (Wildman–Crippen LogP) is 1.78. The fraction of sp³-hybridized carbons (Fsp3) is 0.273. The van der Waals surface area contributed by atoms with Gasteiger partial charge in [0.25, 0.3) is 5.69 Å². The van der Waals surface area contributed by atoms with Crippen molar-refractivity contribution in [2.45, 2.75) is 12.2 Å². The zero-order chi connectivity index (χ0) is 14.7. The average Bonchev–Trinajstić information content (AvgIpc) is 2.86. The summed E-state index contributed by atoms with van der Waals surface area (Å²) in [6.45, 7) is -0.292. The Balaban J connectivity index is 2.40. The van der Waals surface area contributed by atoms with Crippen LogP contribution in [0.2, 0.25) is 0 Å². The summed E-state index contributed by atoms with van der Waals surface area (Å²) in [7, 11) is 0. The summed E-state index contributed by atoms with van der Waals surface area (Å²) < 4.78 is 0. The SMILES string of the molecule is [N-]=[N+]=NCC(O)C(O)c1c[nH]c2ccc([N+](=O)[O-])cc12. The van der Waals surface area contributed by atoms with Crippen LogP contribution in [-0.2, 0) is 0 Å². The molecule has 0 radical (unpaired) electrons. The van der Waals surface area contributed by atoms with Gasteiger partial charge in [-0.2, -0.15) is 0 Å². The lowest BCUT2D eigenvalue weighted by molar-refractivity contribution is -0.384. The predicted molar refractivity (Wildman–Crippen MR) is 69.9 cm³/mol. The molecule has 0 amide bonds. The minimum Gasteiger partial charge on any atom is -0.390 e. The van der Waals surface area contributed by atoms with E-state index in [1.807, 2.05) is 0 Å². The molecule has 0 aliphatic heterocycles. The molecule has 9 heteroatoms. The van der Waals surface area contributed by atoms with Crippen LogP contribution in [0.3, 0.4) is 0 Å². The first-order valence-electron chi connectivity index (χ1n) is 5.67. The Hall–Kier alpha value is -2.61. The molecule has 20 heavy (non-hydrogen) atoms. The van der Waals surface area contributed by atoms with Crippen molar-refractivity contribution in [3.63, 3.8) is 0 Å². The molecule has 0 saturated heterocycles. The van der Waals surface area contributed by atoms with Gasteiger partial charge in [0.15, 0.2) is 0 Å². The van der Waals surface area contributed by atoms with Crippen molar-refractivity contribution >= 4 is 16.6 Å². The molecule has 3 N–H and O–H groups in total. The Bertz CT molecular complexity index is 691. The summed E-state index contributed by atoms with van der Waals surface area (Å²) >= 11 is 0. The van der Waals surface area contributed by atoms with Crippen molar-refractivity contribution in [1.29, 1.82) is 0 Å². The molecule has 104 valence electrons. The van der Waals surface area contributed by atoms with E-state index in [0.29, 0.717) is 16.5 Å². The number of nitro benzene ring substituents is 1. The normalized spacial score (nSPS) is 13.7. The van der Waals surface area contributed by atoms with Crippen molar-refractivity contribution in [2.24, 2.45) is 5.11 Å². The molecular weight excluding hydrogens is 266 g/mol. The molecule has 0 aliphatic carbocycles. The number of aromatic nitrogens is 1. The first kappa shape index (κ1) is 13.8. The van der Waals surface area contributed by atoms with E-state index in [2.05, 4.69) is 15.0 Å². The highest BCUT2D eigenvalue weighted by molar-refractivity contribution is 5.85. The highest BCUT2D eigenvalue weighted by atomic mass is 16.6. The Kier molecular flexibility index (Phi) is 3.85. The number of nitrogens with one attached hydrogen (secondary N) is 1. The minimum absolute atomic E-state index is 0.116. The van der Waals surface area contributed by atoms with Gasteiger partial charge in [-0.05, 0) is 11.6 Å². The lowest BCUT2D eigenvalue weighted by atomic mass is 10.0. The number of hydrogen-bond donors (Lipinski definition) is 3. The van der Waals surface area contributed by atoms with Crippen molar-refractivity contribution in [1.82, 2.24) is 4.98 Å². The number of hydrogen-bond acceptors (Lipinski definition) is 5. The quantitative estimate of drug-likeness (QED) is 0.251. The van der Waals surface area contributed by atoms with Crippen LogP contribution in [0, 0.1) is 10.1 Å². The molecule has 0 saturated carbocycles. The van der Waals surface area contributed by atoms with Crippen LogP contribution in [0.1, 0.15) is 11.7 Å². The van der Waals surface area contributed by atoms with Crippen LogP contribution in [0.15, 0.2) is 29.5 Å². The molecule has 0 fully saturated rings. The monoisotopic (exact) mass is 277 g/mol. The van der Waals surface area contributed by atoms with Gasteiger partial charge in [0.1, 0.15) is 6.10 Å². The third kappa shape index (κ3) is 2.54. The second kappa shape index (κ2) is 5.57. The fourth-order valence-electron chi connectivity index (χ4n) is 1.92. The number of aromatic amines is 1. The maximum Gasteiger partial charge on any atom is 0.270 e. The molecular formula is C11H11N5O4. The number of fused-ring (bicyclic) bond motifs is 1. The van der Waals surface area contributed by atoms with Crippen LogP contribution in [0.25, 0.3) is 21.3 Å². The number of aliphatic hydroxyl groups is 2. The second-order valence-corrected chi connectivity index (χ2v) is 4.16. The van der Waals surface area contributed by atoms with Gasteiger partial charge in [-0.3, -0.25) is 10.1 Å². The Labute approximate surface area is 112 Å². The first-order chi connectivity index (χ1) is 9.54. The van der Waals surface area contributed by atoms with E-state index < -0.39 is 17.1 Å². The minimum atomic E-state index is -1.31. The van der Waals surface area contributed by atoms with E-state index in [1.54, 1.807) is 0 Å². The lowest BCUT2D eigenvalue weighted by Crippen LogP contribution is -2.20. The number of benzene rings is 1. The van der Waals surface area contributed by atoms with Crippen LogP contribution >= 0.6 is 0 Å². The molecule has 1 heterocycles. The van der Waals surface area contributed by atoms with E-state index in [-0.39, 0.29) is 12.2 Å². The molecule has 2 rings (SSSR count). The van der Waals surface area contributed by atoms with Crippen molar-refractivity contribution in [2.75, 3.05) is 6.54 Å². The Morgan fingerprint density at radius 1 is 1.50 bits per heavy atom. The van der Waals surface area contributed by atoms with Gasteiger partial charge in [0.2, 0.25) is 0 Å². The lowest BCUT2D eigenvalue weighted by Gasteiger charge is -2.15. The van der Waals surface area contributed by atoms with Crippen molar-refractivity contribution in [3.05, 3.63) is 50.5 Å². The summed E-state index contributed by atoms with van der Waals surface area (Å²) in [6, 6.07) is 4.17. The smallest absolute Gasteiger partial charge is 0.270 e. The van der Waals surface area contributed by atoms with Crippen LogP contribution in [-0.4, -0.2) is 32.8 Å². The van der Waals surface area contributed by atoms with Crippen molar-refractivity contribution in [3.8, 4) is 0 Å². The van der Waals surface area contributed by atoms with E-state index in [0.717, 1.165) is 0 Å². The van der Waals surface area contributed by atoms with Gasteiger partial charge in [-0.1, -0.05) is 5.11 Å². The molecule has 9 nitrogen and oxygen atoms in total. The number of non-ortho nitro benzene ring substituents is 1. The second-order valence-electron chi connectivity index (χ2n) is 4.16. The standard InChI is InChI=1S/C11H11N5O4/c12-15-14-5-10(17)11(18)8-4-13-9-2-1-6(16(19)20)3-7(8)9/h1-4,10-11,13,17-18H,5H2. The van der Waals surface area contributed by atoms with Gasteiger partial charge >= 0.3 is 0 Å². The fourth-order valence-corrected chi connectivity index (χ4v) is 1.92. The highest BCUT2D eigenvalue weighted by Crippen LogP contribution is 2.29. The summed E-state index contributed by atoms with van der Waals surface area (Å²) in [4.78, 5) is 15.6. The van der Waals surface area contributed by atoms with Gasteiger partial charge in [-0.15, -0.1) is 0 Å². The Morgan fingerprint density at radius 2 is 2.25 bits per heavy atom. The van der Waals surface area contributed by atoms with Crippen molar-refractivity contribution < 1.29 is 15.1 Å². The number of nitrogens with zero attached hydrogens (tertiary/aromatic N) is 4. The summed E-state index contributed by atoms with van der Waals surface area (Å²) in [5.74, 6) is 0. The molecule has 1 aromatic carbocycles. The van der Waals surface area contributed by atoms with Gasteiger partial charge in [0.05, 0.1) is 17.6 Å². The average molecular weight is 277 g/mol. The third-order valence-corrected chi connectivity index (χ3v) is 2.92. The summed E-state index contributed by atoms with van der Waals surface area (Å²) in [5.41, 5.74) is 8.97. The highest BCUT2D eigenvalue weighted by Gasteiger charge is 2.22. The topological polar surface area (TPSA) is 148 Å². The molecule has 0 spiro atoms. The molecule has 2 atom stereocenters. The largest absolute Gasteiger partial charge is 0.390 e. The Morgan fingerprint density at radius 3 is 2.90 bits per heavy atom. The zero-order valence-corrected chi connectivity index (χ0v) is 10.2. The van der Waals surface area contributed by atoms with Gasteiger partial charge < -0.3 is 15.2 Å². The number of aliphatic hydroxyl groups excluding tert-OH is 2. The van der Waals surface area contributed by atoms with E-state index in [1.165, 1.54) is 24.4 Å². The van der Waals surface area contributed by atoms with Crippen LogP contribution < -0.4 is 0 Å². The van der Waals surface area contributed by atoms with E-state index >= 15 is 0 Å². The number of rotatable bonds is 5. The maximum absolute atomic E-state index is 10.8. The van der Waals surface area contributed by atoms with E-state index in [9.17, 15) is 20.3 Å². The maximum atomic E-state index is 10.8.